The Bertz CT molecular complexity index is 246. The molecular formula is C11H12F. The summed E-state index contributed by atoms with van der Waals surface area (Å²) in [6.45, 7) is 3.59. The van der Waals surface area contributed by atoms with Gasteiger partial charge in [0.1, 0.15) is 5.82 Å². The van der Waals surface area contributed by atoms with Crippen molar-refractivity contribution < 1.29 is 4.39 Å². The Kier molecular flexibility index (Phi) is 3.52. The van der Waals surface area contributed by atoms with E-state index in [9.17, 15) is 4.39 Å². The summed E-state index contributed by atoms with van der Waals surface area (Å²) in [5, 5.41) is 0. The normalized spacial score (nSPS) is 10.8. The number of hydrogen-bond donors (Lipinski definition) is 0. The SMILES string of the molecule is [CH2]/C=C/CCc1ccc(F)cc1. The highest BCUT2D eigenvalue weighted by Crippen LogP contribution is 2.05. The van der Waals surface area contributed by atoms with E-state index in [1.807, 2.05) is 18.2 Å². The predicted molar refractivity (Wildman–Crippen MR) is 49.2 cm³/mol. The smallest absolute Gasteiger partial charge is 0.123 e. The lowest BCUT2D eigenvalue weighted by Gasteiger charge is -1.96. The summed E-state index contributed by atoms with van der Waals surface area (Å²) >= 11 is 0. The van der Waals surface area contributed by atoms with Crippen LogP contribution in [0.2, 0.25) is 0 Å². The molecule has 1 radical (unpaired) electrons. The van der Waals surface area contributed by atoms with Crippen LogP contribution in [0.15, 0.2) is 36.4 Å². The predicted octanol–water partition coefficient (Wildman–Crippen LogP) is 3.15. The Balaban J connectivity index is 2.47. The van der Waals surface area contributed by atoms with E-state index in [0.717, 1.165) is 18.4 Å². The van der Waals surface area contributed by atoms with Crippen molar-refractivity contribution in [3.05, 3.63) is 54.7 Å². The van der Waals surface area contributed by atoms with Gasteiger partial charge in [0.15, 0.2) is 0 Å². The number of allylic oxidation sites excluding steroid dienone is 2. The largest absolute Gasteiger partial charge is 0.207 e. The molecule has 1 aromatic carbocycles. The first-order chi connectivity index (χ1) is 5.83. The van der Waals surface area contributed by atoms with Crippen molar-refractivity contribution in [3.63, 3.8) is 0 Å². The lowest BCUT2D eigenvalue weighted by molar-refractivity contribution is 0.627. The van der Waals surface area contributed by atoms with Crippen LogP contribution in [0.1, 0.15) is 12.0 Å². The van der Waals surface area contributed by atoms with Gasteiger partial charge in [-0.05, 0) is 37.5 Å². The van der Waals surface area contributed by atoms with E-state index in [-0.39, 0.29) is 5.82 Å². The van der Waals surface area contributed by atoms with Crippen LogP contribution in [0.5, 0.6) is 0 Å². The first-order valence-electron chi connectivity index (χ1n) is 4.01. The molecule has 0 amide bonds. The Morgan fingerprint density at radius 1 is 1.25 bits per heavy atom. The van der Waals surface area contributed by atoms with Crippen LogP contribution in [0.4, 0.5) is 4.39 Å². The number of hydrogen-bond acceptors (Lipinski definition) is 0. The van der Waals surface area contributed by atoms with Crippen molar-refractivity contribution in [2.24, 2.45) is 0 Å². The Labute approximate surface area is 72.7 Å². The molecule has 0 heterocycles. The fraction of sp³-hybridized carbons (Fsp3) is 0.182. The van der Waals surface area contributed by atoms with Gasteiger partial charge in [-0.15, -0.1) is 0 Å². The molecule has 1 aromatic rings. The zero-order valence-electron chi connectivity index (χ0n) is 6.96. The molecule has 0 fully saturated rings. The fourth-order valence-electron chi connectivity index (χ4n) is 1.02. The van der Waals surface area contributed by atoms with Gasteiger partial charge in [-0.2, -0.15) is 0 Å². The standard InChI is InChI=1S/C11H12F/c1-2-3-4-5-10-6-8-11(12)9-7-10/h2-3,6-9H,1,4-5H2/b3-2+. The van der Waals surface area contributed by atoms with Crippen molar-refractivity contribution in [3.8, 4) is 0 Å². The van der Waals surface area contributed by atoms with E-state index in [1.165, 1.54) is 12.1 Å². The van der Waals surface area contributed by atoms with Crippen molar-refractivity contribution in [2.75, 3.05) is 0 Å². The number of aryl methyl sites for hydroxylation is 1. The third kappa shape index (κ3) is 2.87. The second kappa shape index (κ2) is 4.70. The molecule has 0 unspecified atom stereocenters. The van der Waals surface area contributed by atoms with Crippen LogP contribution in [0.3, 0.4) is 0 Å². The molecule has 0 bridgehead atoms. The highest BCUT2D eigenvalue weighted by molar-refractivity contribution is 5.16. The first kappa shape index (κ1) is 8.98. The molecule has 1 rings (SSSR count). The fourth-order valence-corrected chi connectivity index (χ4v) is 1.02. The van der Waals surface area contributed by atoms with Crippen LogP contribution in [-0.2, 0) is 6.42 Å². The average Bonchev–Trinajstić information content (AvgIpc) is 2.09. The Morgan fingerprint density at radius 3 is 2.50 bits per heavy atom. The van der Waals surface area contributed by atoms with Gasteiger partial charge in [-0.1, -0.05) is 24.3 Å². The lowest BCUT2D eigenvalue weighted by Crippen LogP contribution is -1.83. The van der Waals surface area contributed by atoms with Crippen LogP contribution >= 0.6 is 0 Å². The van der Waals surface area contributed by atoms with E-state index >= 15 is 0 Å². The second-order valence-corrected chi connectivity index (χ2v) is 2.64. The van der Waals surface area contributed by atoms with Gasteiger partial charge in [0.2, 0.25) is 0 Å². The topological polar surface area (TPSA) is 0 Å². The van der Waals surface area contributed by atoms with E-state index in [4.69, 9.17) is 0 Å². The first-order valence-corrected chi connectivity index (χ1v) is 4.01. The van der Waals surface area contributed by atoms with Gasteiger partial charge in [0.25, 0.3) is 0 Å². The van der Waals surface area contributed by atoms with Gasteiger partial charge in [-0.25, -0.2) is 4.39 Å². The maximum atomic E-state index is 12.5. The van der Waals surface area contributed by atoms with Gasteiger partial charge < -0.3 is 0 Å². The van der Waals surface area contributed by atoms with Crippen LogP contribution in [0, 0.1) is 12.7 Å². The average molecular weight is 163 g/mol. The maximum absolute atomic E-state index is 12.5. The summed E-state index contributed by atoms with van der Waals surface area (Å²) in [5.41, 5.74) is 1.16. The zero-order chi connectivity index (χ0) is 8.81. The molecule has 0 nitrogen and oxygen atoms in total. The Morgan fingerprint density at radius 2 is 1.92 bits per heavy atom. The number of halogens is 1. The van der Waals surface area contributed by atoms with Crippen molar-refractivity contribution in [2.45, 2.75) is 12.8 Å². The molecule has 0 saturated heterocycles. The highest BCUT2D eigenvalue weighted by atomic mass is 19.1. The summed E-state index contributed by atoms with van der Waals surface area (Å²) in [6.07, 6.45) is 5.70. The molecule has 0 aromatic heterocycles. The van der Waals surface area contributed by atoms with Crippen molar-refractivity contribution in [1.82, 2.24) is 0 Å². The quantitative estimate of drug-likeness (QED) is 0.642. The third-order valence-corrected chi connectivity index (χ3v) is 1.68. The third-order valence-electron chi connectivity index (χ3n) is 1.68. The summed E-state index contributed by atoms with van der Waals surface area (Å²) in [5.74, 6) is -0.175. The molecule has 1 heteroatoms. The molecule has 12 heavy (non-hydrogen) atoms. The molecule has 0 aliphatic heterocycles. The molecule has 63 valence electrons. The molecular weight excluding hydrogens is 151 g/mol. The molecule has 0 atom stereocenters. The summed E-state index contributed by atoms with van der Waals surface area (Å²) in [4.78, 5) is 0. The monoisotopic (exact) mass is 163 g/mol. The molecule has 0 aliphatic carbocycles. The lowest BCUT2D eigenvalue weighted by atomic mass is 10.1. The van der Waals surface area contributed by atoms with Gasteiger partial charge in [0, 0.05) is 0 Å². The molecule has 0 saturated carbocycles. The van der Waals surface area contributed by atoms with Crippen LogP contribution in [0.25, 0.3) is 0 Å². The minimum Gasteiger partial charge on any atom is -0.207 e. The molecule has 0 aliphatic rings. The van der Waals surface area contributed by atoms with Gasteiger partial charge in [-0.3, -0.25) is 0 Å². The van der Waals surface area contributed by atoms with Crippen LogP contribution in [-0.4, -0.2) is 0 Å². The summed E-state index contributed by atoms with van der Waals surface area (Å²) in [7, 11) is 0. The Hall–Kier alpha value is -1.11. The van der Waals surface area contributed by atoms with Gasteiger partial charge in [0.05, 0.1) is 0 Å². The van der Waals surface area contributed by atoms with E-state index in [1.54, 1.807) is 6.08 Å². The molecule has 0 spiro atoms. The second-order valence-electron chi connectivity index (χ2n) is 2.64. The van der Waals surface area contributed by atoms with E-state index in [2.05, 4.69) is 6.92 Å². The minimum absolute atomic E-state index is 0.175. The van der Waals surface area contributed by atoms with Crippen molar-refractivity contribution >= 4 is 0 Å². The molecule has 0 N–H and O–H groups in total. The van der Waals surface area contributed by atoms with E-state index < -0.39 is 0 Å². The maximum Gasteiger partial charge on any atom is 0.123 e. The zero-order valence-corrected chi connectivity index (χ0v) is 6.96. The number of benzene rings is 1. The van der Waals surface area contributed by atoms with E-state index in [0.29, 0.717) is 0 Å². The highest BCUT2D eigenvalue weighted by Gasteiger charge is 1.91. The van der Waals surface area contributed by atoms with Gasteiger partial charge >= 0.3 is 0 Å². The summed E-state index contributed by atoms with van der Waals surface area (Å²) in [6, 6.07) is 6.60. The number of rotatable bonds is 3. The van der Waals surface area contributed by atoms with Crippen LogP contribution < -0.4 is 0 Å². The van der Waals surface area contributed by atoms with Crippen molar-refractivity contribution in [1.29, 1.82) is 0 Å². The minimum atomic E-state index is -0.175. The summed E-state index contributed by atoms with van der Waals surface area (Å²) < 4.78 is 12.5.